The lowest BCUT2D eigenvalue weighted by Crippen LogP contribution is -2.41. The van der Waals surface area contributed by atoms with Crippen LogP contribution in [0.25, 0.3) is 0 Å². The van der Waals surface area contributed by atoms with Gasteiger partial charge in [-0.3, -0.25) is 19.8 Å². The smallest absolute Gasteiger partial charge is 0.404 e. The molecule has 0 bridgehead atoms. The number of nitro groups is 1. The van der Waals surface area contributed by atoms with Gasteiger partial charge in [-0.1, -0.05) is 0 Å². The molecule has 0 radical (unpaired) electrons. The van der Waals surface area contributed by atoms with Crippen LogP contribution in [0, 0.1) is 10.1 Å². The first-order valence-corrected chi connectivity index (χ1v) is 6.89. The van der Waals surface area contributed by atoms with Crippen LogP contribution in [0.4, 0.5) is 24.5 Å². The normalized spacial score (nSPS) is 15.8. The molecule has 1 N–H and O–H groups in total. The number of rotatable bonds is 5. The van der Waals surface area contributed by atoms with Gasteiger partial charge in [-0.2, -0.15) is 0 Å². The number of hydrogen-bond acceptors (Lipinski definition) is 6. The van der Waals surface area contributed by atoms with Crippen LogP contribution in [-0.4, -0.2) is 54.9 Å². The molecule has 1 fully saturated rings. The third-order valence-corrected chi connectivity index (χ3v) is 3.14. The van der Waals surface area contributed by atoms with E-state index in [4.69, 9.17) is 4.74 Å². The first-order valence-electron chi connectivity index (χ1n) is 6.89. The van der Waals surface area contributed by atoms with E-state index >= 15 is 0 Å². The number of hydrogen-bond donors (Lipinski definition) is 1. The SMILES string of the molecule is O=C(CN1CCOCC1)Nc1cc([N+](=O)[O-])ccc1OC(F)(F)F. The predicted octanol–water partition coefficient (Wildman–Crippen LogP) is 1.76. The van der Waals surface area contributed by atoms with Crippen LogP contribution in [-0.2, 0) is 9.53 Å². The molecular formula is C13H14F3N3O5. The summed E-state index contributed by atoms with van der Waals surface area (Å²) in [4.78, 5) is 23.7. The van der Waals surface area contributed by atoms with Gasteiger partial charge in [-0.05, 0) is 6.07 Å². The minimum atomic E-state index is -4.99. The minimum Gasteiger partial charge on any atom is -0.404 e. The van der Waals surface area contributed by atoms with E-state index in [1.54, 1.807) is 4.90 Å². The average Bonchev–Trinajstić information content (AvgIpc) is 2.48. The molecule has 1 heterocycles. The van der Waals surface area contributed by atoms with Gasteiger partial charge in [0.25, 0.3) is 5.69 Å². The quantitative estimate of drug-likeness (QED) is 0.643. The number of morpholine rings is 1. The molecule has 1 aliphatic rings. The van der Waals surface area contributed by atoms with E-state index in [-0.39, 0.29) is 6.54 Å². The highest BCUT2D eigenvalue weighted by Gasteiger charge is 2.33. The number of nitrogens with zero attached hydrogens (tertiary/aromatic N) is 2. The molecule has 0 aromatic heterocycles. The molecule has 0 atom stereocenters. The molecule has 0 spiro atoms. The third kappa shape index (κ3) is 5.35. The zero-order valence-corrected chi connectivity index (χ0v) is 12.3. The molecule has 1 saturated heterocycles. The van der Waals surface area contributed by atoms with Crippen LogP contribution >= 0.6 is 0 Å². The van der Waals surface area contributed by atoms with E-state index in [1.807, 2.05) is 0 Å². The van der Waals surface area contributed by atoms with E-state index in [2.05, 4.69) is 10.1 Å². The summed E-state index contributed by atoms with van der Waals surface area (Å²) in [6, 6.07) is 2.47. The van der Waals surface area contributed by atoms with Gasteiger partial charge in [-0.15, -0.1) is 13.2 Å². The van der Waals surface area contributed by atoms with E-state index in [0.29, 0.717) is 26.3 Å². The number of nitrogens with one attached hydrogen (secondary N) is 1. The summed E-state index contributed by atoms with van der Waals surface area (Å²) in [5.74, 6) is -1.33. The van der Waals surface area contributed by atoms with E-state index in [1.165, 1.54) is 0 Å². The summed E-state index contributed by atoms with van der Waals surface area (Å²) in [6.07, 6.45) is -4.99. The van der Waals surface area contributed by atoms with Gasteiger partial charge in [0, 0.05) is 25.2 Å². The standard InChI is InChI=1S/C13H14F3N3O5/c14-13(15,16)24-11-2-1-9(19(21)22)7-10(11)17-12(20)8-18-3-5-23-6-4-18/h1-2,7H,3-6,8H2,(H,17,20). The van der Waals surface area contributed by atoms with Gasteiger partial charge in [0.05, 0.1) is 30.4 Å². The Morgan fingerprint density at radius 1 is 1.38 bits per heavy atom. The van der Waals surface area contributed by atoms with E-state index < -0.39 is 34.3 Å². The van der Waals surface area contributed by atoms with Crippen LogP contribution in [0.1, 0.15) is 0 Å². The van der Waals surface area contributed by atoms with E-state index in [9.17, 15) is 28.1 Å². The van der Waals surface area contributed by atoms with Gasteiger partial charge in [0.2, 0.25) is 5.91 Å². The van der Waals surface area contributed by atoms with Gasteiger partial charge in [0.1, 0.15) is 0 Å². The highest BCUT2D eigenvalue weighted by atomic mass is 19.4. The third-order valence-electron chi connectivity index (χ3n) is 3.14. The Morgan fingerprint density at radius 2 is 2.04 bits per heavy atom. The second-order valence-corrected chi connectivity index (χ2v) is 4.92. The molecule has 1 aromatic carbocycles. The summed E-state index contributed by atoms with van der Waals surface area (Å²) < 4.78 is 46.1. The topological polar surface area (TPSA) is 93.9 Å². The van der Waals surface area contributed by atoms with Crippen molar-refractivity contribution in [3.8, 4) is 5.75 Å². The van der Waals surface area contributed by atoms with E-state index in [0.717, 1.165) is 18.2 Å². The highest BCUT2D eigenvalue weighted by Crippen LogP contribution is 2.33. The summed E-state index contributed by atoms with van der Waals surface area (Å²) in [5, 5.41) is 13.0. The Bertz CT molecular complexity index is 617. The number of nitro benzene ring substituents is 1. The fourth-order valence-electron chi connectivity index (χ4n) is 2.09. The van der Waals surface area contributed by atoms with Crippen molar-refractivity contribution >= 4 is 17.3 Å². The van der Waals surface area contributed by atoms with Crippen molar-refractivity contribution in [2.45, 2.75) is 6.36 Å². The van der Waals surface area contributed by atoms with Gasteiger partial charge < -0.3 is 14.8 Å². The first kappa shape index (κ1) is 17.9. The number of alkyl halides is 3. The summed E-state index contributed by atoms with van der Waals surface area (Å²) in [7, 11) is 0. The van der Waals surface area contributed by atoms with Crippen LogP contribution in [0.3, 0.4) is 0 Å². The first-order chi connectivity index (χ1) is 11.2. The van der Waals surface area contributed by atoms with Gasteiger partial charge >= 0.3 is 6.36 Å². The molecule has 11 heteroatoms. The van der Waals surface area contributed by atoms with Crippen molar-refractivity contribution in [2.24, 2.45) is 0 Å². The molecule has 1 aliphatic heterocycles. The van der Waals surface area contributed by atoms with Gasteiger partial charge in [-0.25, -0.2) is 0 Å². The molecule has 0 unspecified atom stereocenters. The number of non-ortho nitro benzene ring substituents is 1. The number of carbonyl (C=O) groups is 1. The second kappa shape index (κ2) is 7.45. The van der Waals surface area contributed by atoms with Crippen molar-refractivity contribution in [2.75, 3.05) is 38.2 Å². The number of ether oxygens (including phenoxy) is 2. The number of halogens is 3. The molecule has 1 aromatic rings. The van der Waals surface area contributed by atoms with Crippen molar-refractivity contribution < 1.29 is 32.4 Å². The van der Waals surface area contributed by atoms with Crippen molar-refractivity contribution in [1.82, 2.24) is 4.90 Å². The van der Waals surface area contributed by atoms with Crippen LogP contribution in [0.2, 0.25) is 0 Å². The minimum absolute atomic E-state index is 0.0719. The number of amides is 1. The van der Waals surface area contributed by atoms with Gasteiger partial charge in [0.15, 0.2) is 5.75 Å². The molecule has 2 rings (SSSR count). The lowest BCUT2D eigenvalue weighted by atomic mass is 10.2. The van der Waals surface area contributed by atoms with Crippen molar-refractivity contribution in [3.63, 3.8) is 0 Å². The maximum Gasteiger partial charge on any atom is 0.573 e. The zero-order chi connectivity index (χ0) is 17.7. The lowest BCUT2D eigenvalue weighted by molar-refractivity contribution is -0.384. The molecule has 24 heavy (non-hydrogen) atoms. The maximum atomic E-state index is 12.4. The summed E-state index contributed by atoms with van der Waals surface area (Å²) in [5.41, 5.74) is -0.883. The lowest BCUT2D eigenvalue weighted by Gasteiger charge is -2.25. The Balaban J connectivity index is 2.13. The van der Waals surface area contributed by atoms with Crippen LogP contribution < -0.4 is 10.1 Å². The second-order valence-electron chi connectivity index (χ2n) is 4.92. The van der Waals surface area contributed by atoms with Crippen molar-refractivity contribution in [1.29, 1.82) is 0 Å². The summed E-state index contributed by atoms with van der Waals surface area (Å²) in [6.45, 7) is 1.85. The van der Waals surface area contributed by atoms with Crippen molar-refractivity contribution in [3.05, 3.63) is 28.3 Å². The number of carbonyl (C=O) groups excluding carboxylic acids is 1. The molecule has 0 aliphatic carbocycles. The molecule has 1 amide bonds. The zero-order valence-electron chi connectivity index (χ0n) is 12.3. The summed E-state index contributed by atoms with van der Waals surface area (Å²) >= 11 is 0. The Morgan fingerprint density at radius 3 is 2.62 bits per heavy atom. The number of benzene rings is 1. The average molecular weight is 349 g/mol. The highest BCUT2D eigenvalue weighted by molar-refractivity contribution is 5.94. The Kier molecular flexibility index (Phi) is 5.57. The Labute approximate surface area is 134 Å². The fraction of sp³-hybridized carbons (Fsp3) is 0.462. The molecule has 0 saturated carbocycles. The van der Waals surface area contributed by atoms with Crippen LogP contribution in [0.15, 0.2) is 18.2 Å². The maximum absolute atomic E-state index is 12.4. The van der Waals surface area contributed by atoms with Crippen LogP contribution in [0.5, 0.6) is 5.75 Å². The number of anilines is 1. The Hall–Kier alpha value is -2.40. The predicted molar refractivity (Wildman–Crippen MR) is 75.7 cm³/mol. The molecule has 132 valence electrons. The largest absolute Gasteiger partial charge is 0.573 e. The monoisotopic (exact) mass is 349 g/mol. The molecular weight excluding hydrogens is 335 g/mol. The fourth-order valence-corrected chi connectivity index (χ4v) is 2.09. The molecule has 8 nitrogen and oxygen atoms in total.